The maximum atomic E-state index is 10.3. The van der Waals surface area contributed by atoms with E-state index in [-0.39, 0.29) is 7.46 Å². The van der Waals surface area contributed by atoms with E-state index in [4.69, 9.17) is 5.73 Å². The second kappa shape index (κ2) is 2.03. The first-order chi connectivity index (χ1) is 3.80. The fraction of sp³-hybridized carbons (Fsp3) is 0.800. The Labute approximate surface area is 49.9 Å². The number of urea groups is 1. The van der Waals surface area contributed by atoms with Crippen LogP contribution in [0.5, 0.6) is 0 Å². The van der Waals surface area contributed by atoms with Crippen molar-refractivity contribution in [3.8, 4) is 0 Å². The highest BCUT2D eigenvalue weighted by molar-refractivity contribution is 5.72. The molecular weight excluding hydrogens is 104 g/mol. The van der Waals surface area contributed by atoms with Crippen molar-refractivity contribution in [2.24, 2.45) is 5.73 Å². The molecule has 0 saturated carbocycles. The topological polar surface area (TPSA) is 46.3 Å². The third kappa shape index (κ3) is 0.911. The molecule has 0 aromatic carbocycles. The Balaban J connectivity index is 0.000000640. The van der Waals surface area contributed by atoms with E-state index >= 15 is 0 Å². The number of amides is 2. The maximum absolute atomic E-state index is 10.3. The smallest absolute Gasteiger partial charge is 0.314 e. The molecule has 0 atom stereocenters. The molecule has 3 heteroatoms. The van der Waals surface area contributed by atoms with Crippen LogP contribution in [0.1, 0.15) is 14.3 Å². The molecule has 0 radical (unpaired) electrons. The third-order valence-electron chi connectivity index (χ3n) is 1.42. The van der Waals surface area contributed by atoms with E-state index in [2.05, 4.69) is 0 Å². The largest absolute Gasteiger partial charge is 0.351 e. The van der Waals surface area contributed by atoms with Gasteiger partial charge in [-0.1, -0.05) is 0 Å². The Hall–Kier alpha value is -0.730. The molecule has 0 aromatic rings. The van der Waals surface area contributed by atoms with Crippen LogP contribution in [0.2, 0.25) is 0 Å². The van der Waals surface area contributed by atoms with Crippen LogP contribution in [-0.2, 0) is 0 Å². The SMILES string of the molecule is NC(=O)N1CCCC1.[HH]. The summed E-state index contributed by atoms with van der Waals surface area (Å²) < 4.78 is 0. The van der Waals surface area contributed by atoms with Gasteiger partial charge in [-0.3, -0.25) is 0 Å². The minimum Gasteiger partial charge on any atom is -0.351 e. The molecule has 0 bridgehead atoms. The highest BCUT2D eigenvalue weighted by Gasteiger charge is 2.13. The molecule has 1 saturated heterocycles. The first-order valence-electron chi connectivity index (χ1n) is 2.85. The summed E-state index contributed by atoms with van der Waals surface area (Å²) >= 11 is 0. The molecule has 0 unspecified atom stereocenters. The van der Waals surface area contributed by atoms with Crippen LogP contribution >= 0.6 is 0 Å². The number of hydrogen-bond acceptors (Lipinski definition) is 1. The number of rotatable bonds is 0. The van der Waals surface area contributed by atoms with E-state index in [1.165, 1.54) is 0 Å². The molecule has 2 amide bonds. The summed E-state index contributed by atoms with van der Waals surface area (Å²) in [6, 6.07) is -0.275. The minimum absolute atomic E-state index is 0. The average Bonchev–Trinajstić information content (AvgIpc) is 2.12. The van der Waals surface area contributed by atoms with E-state index in [0.29, 0.717) is 0 Å². The van der Waals surface area contributed by atoms with E-state index in [1.807, 2.05) is 0 Å². The van der Waals surface area contributed by atoms with E-state index < -0.39 is 0 Å². The summed E-state index contributed by atoms with van der Waals surface area (Å²) in [5.74, 6) is 0. The van der Waals surface area contributed by atoms with Crippen LogP contribution in [-0.4, -0.2) is 24.0 Å². The van der Waals surface area contributed by atoms with Gasteiger partial charge in [0.05, 0.1) is 0 Å². The van der Waals surface area contributed by atoms with Crippen molar-refractivity contribution in [1.29, 1.82) is 0 Å². The van der Waals surface area contributed by atoms with Gasteiger partial charge in [-0.2, -0.15) is 0 Å². The van der Waals surface area contributed by atoms with Crippen molar-refractivity contribution >= 4 is 6.03 Å². The van der Waals surface area contributed by atoms with Gasteiger partial charge in [0.15, 0.2) is 0 Å². The van der Waals surface area contributed by atoms with Gasteiger partial charge in [0, 0.05) is 14.5 Å². The highest BCUT2D eigenvalue weighted by Crippen LogP contribution is 2.05. The summed E-state index contributed by atoms with van der Waals surface area (Å²) in [4.78, 5) is 12.0. The zero-order valence-corrected chi connectivity index (χ0v) is 4.76. The predicted octanol–water partition coefficient (Wildman–Crippen LogP) is 0.407. The summed E-state index contributed by atoms with van der Waals surface area (Å²) in [6.45, 7) is 1.71. The lowest BCUT2D eigenvalue weighted by atomic mass is 10.4. The molecule has 1 aliphatic rings. The molecule has 1 aliphatic heterocycles. The molecule has 1 fully saturated rings. The van der Waals surface area contributed by atoms with Gasteiger partial charge in [-0.25, -0.2) is 4.79 Å². The normalized spacial score (nSPS) is 19.2. The van der Waals surface area contributed by atoms with Crippen LogP contribution in [0.3, 0.4) is 0 Å². The lowest BCUT2D eigenvalue weighted by molar-refractivity contribution is 0.218. The van der Waals surface area contributed by atoms with Crippen molar-refractivity contribution in [3.63, 3.8) is 0 Å². The second-order valence-electron chi connectivity index (χ2n) is 2.03. The lowest BCUT2D eigenvalue weighted by Gasteiger charge is -2.09. The van der Waals surface area contributed by atoms with Crippen LogP contribution in [0.4, 0.5) is 4.79 Å². The fourth-order valence-electron chi connectivity index (χ4n) is 0.938. The minimum atomic E-state index is -0.275. The molecule has 48 valence electrons. The van der Waals surface area contributed by atoms with Gasteiger partial charge >= 0.3 is 6.03 Å². The highest BCUT2D eigenvalue weighted by atomic mass is 16.2. The van der Waals surface area contributed by atoms with Gasteiger partial charge in [0.2, 0.25) is 0 Å². The second-order valence-corrected chi connectivity index (χ2v) is 2.03. The average molecular weight is 116 g/mol. The zero-order valence-electron chi connectivity index (χ0n) is 4.76. The Morgan fingerprint density at radius 1 is 1.50 bits per heavy atom. The standard InChI is InChI=1S/C5H10N2O.H2/c6-5(8)7-3-1-2-4-7;/h1-4H2,(H2,6,8);1H. The first kappa shape index (κ1) is 5.41. The van der Waals surface area contributed by atoms with Crippen molar-refractivity contribution in [1.82, 2.24) is 4.90 Å². The molecule has 0 spiro atoms. The number of hydrogen-bond donors (Lipinski definition) is 1. The third-order valence-corrected chi connectivity index (χ3v) is 1.42. The molecule has 8 heavy (non-hydrogen) atoms. The molecule has 2 N–H and O–H groups in total. The first-order valence-corrected chi connectivity index (χ1v) is 2.85. The number of carbonyl (C=O) groups excluding carboxylic acids is 1. The van der Waals surface area contributed by atoms with E-state index in [0.717, 1.165) is 25.9 Å². The Kier molecular flexibility index (Phi) is 1.37. The van der Waals surface area contributed by atoms with Gasteiger partial charge in [-0.05, 0) is 12.8 Å². The number of primary amides is 1. The van der Waals surface area contributed by atoms with Gasteiger partial charge in [0.25, 0.3) is 0 Å². The summed E-state index contributed by atoms with van der Waals surface area (Å²) in [6.07, 6.45) is 2.23. The zero-order chi connectivity index (χ0) is 5.98. The molecule has 1 heterocycles. The fourth-order valence-corrected chi connectivity index (χ4v) is 0.938. The molecule has 3 nitrogen and oxygen atoms in total. The number of carbonyl (C=O) groups is 1. The van der Waals surface area contributed by atoms with Crippen LogP contribution < -0.4 is 5.73 Å². The van der Waals surface area contributed by atoms with Crippen LogP contribution in [0.15, 0.2) is 0 Å². The van der Waals surface area contributed by atoms with Gasteiger partial charge in [0.1, 0.15) is 0 Å². The van der Waals surface area contributed by atoms with Crippen molar-refractivity contribution in [2.45, 2.75) is 12.8 Å². The van der Waals surface area contributed by atoms with Gasteiger partial charge < -0.3 is 10.6 Å². The van der Waals surface area contributed by atoms with Crippen LogP contribution in [0.25, 0.3) is 0 Å². The molecule has 0 aliphatic carbocycles. The van der Waals surface area contributed by atoms with E-state index in [1.54, 1.807) is 4.90 Å². The Bertz CT molecular complexity index is 101. The molecule has 0 aromatic heterocycles. The predicted molar refractivity (Wildman–Crippen MR) is 32.5 cm³/mol. The molecular formula is C5H12N2O. The van der Waals surface area contributed by atoms with Crippen molar-refractivity contribution in [2.75, 3.05) is 13.1 Å². The lowest BCUT2D eigenvalue weighted by Crippen LogP contribution is -2.32. The summed E-state index contributed by atoms with van der Waals surface area (Å²) in [5.41, 5.74) is 4.98. The monoisotopic (exact) mass is 116 g/mol. The van der Waals surface area contributed by atoms with Gasteiger partial charge in [-0.15, -0.1) is 0 Å². The number of nitrogens with two attached hydrogens (primary N) is 1. The van der Waals surface area contributed by atoms with Crippen LogP contribution in [0, 0.1) is 0 Å². The van der Waals surface area contributed by atoms with Crippen molar-refractivity contribution < 1.29 is 6.22 Å². The Morgan fingerprint density at radius 2 is 2.00 bits per heavy atom. The number of likely N-dealkylation sites (tertiary alicyclic amines) is 1. The number of nitrogens with zero attached hydrogens (tertiary/aromatic N) is 1. The molecule has 1 rings (SSSR count). The summed E-state index contributed by atoms with van der Waals surface area (Å²) in [5, 5.41) is 0. The summed E-state index contributed by atoms with van der Waals surface area (Å²) in [7, 11) is 0. The van der Waals surface area contributed by atoms with E-state index in [9.17, 15) is 4.79 Å². The Morgan fingerprint density at radius 3 is 2.25 bits per heavy atom. The quantitative estimate of drug-likeness (QED) is 0.489. The maximum Gasteiger partial charge on any atom is 0.314 e. The van der Waals surface area contributed by atoms with Crippen molar-refractivity contribution in [3.05, 3.63) is 0 Å².